The first-order chi connectivity index (χ1) is 12.7. The molecule has 146 valence electrons. The standard InChI is InChI=1S/C21H34N2O3/c1-25-20-8-9-21(26-2)17(14-20)15-22-11-12-23(19(16-22)10-13-24)18-6-4-3-5-7-18/h8-9,14,18-19,24H,3-7,10-13,15-16H2,1-2H3/t19-/m0/s1. The lowest BCUT2D eigenvalue weighted by Crippen LogP contribution is -2.56. The van der Waals surface area contributed by atoms with Gasteiger partial charge in [-0.15, -0.1) is 0 Å². The fourth-order valence-corrected chi connectivity index (χ4v) is 4.62. The number of aliphatic hydroxyl groups excluding tert-OH is 1. The number of aliphatic hydroxyl groups is 1. The maximum Gasteiger partial charge on any atom is 0.123 e. The fourth-order valence-electron chi connectivity index (χ4n) is 4.62. The minimum atomic E-state index is 0.268. The Morgan fingerprint density at radius 2 is 1.88 bits per heavy atom. The summed E-state index contributed by atoms with van der Waals surface area (Å²) in [5, 5.41) is 9.58. The summed E-state index contributed by atoms with van der Waals surface area (Å²) in [6.07, 6.45) is 7.62. The molecule has 1 aliphatic carbocycles. The van der Waals surface area contributed by atoms with E-state index in [0.717, 1.165) is 44.1 Å². The Bertz CT molecular complexity index is 560. The zero-order valence-electron chi connectivity index (χ0n) is 16.3. The summed E-state index contributed by atoms with van der Waals surface area (Å²) in [4.78, 5) is 5.19. The van der Waals surface area contributed by atoms with Gasteiger partial charge in [0.1, 0.15) is 11.5 Å². The van der Waals surface area contributed by atoms with Crippen LogP contribution in [0.3, 0.4) is 0 Å². The Labute approximate surface area is 157 Å². The van der Waals surface area contributed by atoms with Gasteiger partial charge in [0.25, 0.3) is 0 Å². The average molecular weight is 363 g/mol. The van der Waals surface area contributed by atoms with Gasteiger partial charge in [0, 0.05) is 50.4 Å². The Balaban J connectivity index is 1.67. The van der Waals surface area contributed by atoms with E-state index in [-0.39, 0.29) is 6.61 Å². The van der Waals surface area contributed by atoms with Crippen LogP contribution in [-0.4, -0.2) is 67.5 Å². The molecule has 1 heterocycles. The first-order valence-electron chi connectivity index (χ1n) is 10.0. The van der Waals surface area contributed by atoms with E-state index in [4.69, 9.17) is 9.47 Å². The van der Waals surface area contributed by atoms with Crippen molar-refractivity contribution in [2.24, 2.45) is 0 Å². The van der Waals surface area contributed by atoms with Crippen LogP contribution in [-0.2, 0) is 6.54 Å². The summed E-state index contributed by atoms with van der Waals surface area (Å²) < 4.78 is 10.9. The molecule has 1 saturated heterocycles. The molecule has 1 atom stereocenters. The van der Waals surface area contributed by atoms with E-state index >= 15 is 0 Å². The van der Waals surface area contributed by atoms with E-state index in [2.05, 4.69) is 15.9 Å². The Hall–Kier alpha value is -1.30. The van der Waals surface area contributed by atoms with Gasteiger partial charge in [-0.3, -0.25) is 9.80 Å². The fraction of sp³-hybridized carbons (Fsp3) is 0.714. The summed E-state index contributed by atoms with van der Waals surface area (Å²) in [6.45, 7) is 4.31. The van der Waals surface area contributed by atoms with Gasteiger partial charge >= 0.3 is 0 Å². The summed E-state index contributed by atoms with van der Waals surface area (Å²) in [7, 11) is 3.42. The summed E-state index contributed by atoms with van der Waals surface area (Å²) in [6, 6.07) is 7.17. The molecule has 0 bridgehead atoms. The van der Waals surface area contributed by atoms with Crippen LogP contribution in [0.5, 0.6) is 11.5 Å². The third kappa shape index (κ3) is 4.70. The zero-order chi connectivity index (χ0) is 18.4. The highest BCUT2D eigenvalue weighted by atomic mass is 16.5. The van der Waals surface area contributed by atoms with Gasteiger partial charge in [-0.1, -0.05) is 19.3 Å². The molecule has 2 fully saturated rings. The molecule has 26 heavy (non-hydrogen) atoms. The molecule has 1 aliphatic heterocycles. The number of hydrogen-bond acceptors (Lipinski definition) is 5. The normalized spacial score (nSPS) is 23.1. The van der Waals surface area contributed by atoms with Crippen molar-refractivity contribution in [3.05, 3.63) is 23.8 Å². The predicted octanol–water partition coefficient (Wildman–Crippen LogP) is 2.91. The van der Waals surface area contributed by atoms with Crippen LogP contribution in [0.2, 0.25) is 0 Å². The third-order valence-corrected chi connectivity index (χ3v) is 6.00. The van der Waals surface area contributed by atoms with Crippen LogP contribution in [0, 0.1) is 0 Å². The number of piperazine rings is 1. The molecule has 0 amide bonds. The number of nitrogens with zero attached hydrogens (tertiary/aromatic N) is 2. The number of hydrogen-bond donors (Lipinski definition) is 1. The van der Waals surface area contributed by atoms with Crippen LogP contribution in [0.25, 0.3) is 0 Å². The van der Waals surface area contributed by atoms with E-state index in [1.54, 1.807) is 14.2 Å². The van der Waals surface area contributed by atoms with E-state index in [0.29, 0.717) is 12.1 Å². The van der Waals surface area contributed by atoms with Crippen molar-refractivity contribution in [3.63, 3.8) is 0 Å². The molecular weight excluding hydrogens is 328 g/mol. The molecule has 0 unspecified atom stereocenters. The number of rotatable bonds is 7. The van der Waals surface area contributed by atoms with Crippen LogP contribution >= 0.6 is 0 Å². The Morgan fingerprint density at radius 1 is 1.08 bits per heavy atom. The van der Waals surface area contributed by atoms with Crippen LogP contribution in [0.1, 0.15) is 44.1 Å². The highest BCUT2D eigenvalue weighted by Gasteiger charge is 2.32. The zero-order valence-corrected chi connectivity index (χ0v) is 16.3. The lowest BCUT2D eigenvalue weighted by molar-refractivity contribution is 0.0134. The second-order valence-corrected chi connectivity index (χ2v) is 7.61. The first kappa shape index (κ1) is 19.5. The van der Waals surface area contributed by atoms with Gasteiger partial charge < -0.3 is 14.6 Å². The average Bonchev–Trinajstić information content (AvgIpc) is 2.69. The molecule has 5 heteroatoms. The molecule has 2 aliphatic rings. The molecular formula is C21H34N2O3. The minimum Gasteiger partial charge on any atom is -0.497 e. The van der Waals surface area contributed by atoms with Crippen LogP contribution in [0.4, 0.5) is 0 Å². The Morgan fingerprint density at radius 3 is 2.58 bits per heavy atom. The van der Waals surface area contributed by atoms with Gasteiger partial charge in [-0.2, -0.15) is 0 Å². The molecule has 0 radical (unpaired) electrons. The molecule has 1 N–H and O–H groups in total. The van der Waals surface area contributed by atoms with E-state index in [1.165, 1.54) is 37.7 Å². The van der Waals surface area contributed by atoms with Gasteiger partial charge in [-0.05, 0) is 37.5 Å². The molecule has 0 aromatic heterocycles. The molecule has 1 aromatic carbocycles. The van der Waals surface area contributed by atoms with Crippen molar-refractivity contribution in [2.45, 2.75) is 57.2 Å². The second kappa shape index (κ2) is 9.58. The number of benzene rings is 1. The number of methoxy groups -OCH3 is 2. The number of ether oxygens (including phenoxy) is 2. The van der Waals surface area contributed by atoms with Crippen molar-refractivity contribution in [3.8, 4) is 11.5 Å². The molecule has 0 spiro atoms. The van der Waals surface area contributed by atoms with Gasteiger partial charge in [0.15, 0.2) is 0 Å². The quantitative estimate of drug-likeness (QED) is 0.808. The topological polar surface area (TPSA) is 45.2 Å². The van der Waals surface area contributed by atoms with Crippen molar-refractivity contribution in [1.29, 1.82) is 0 Å². The minimum absolute atomic E-state index is 0.268. The lowest BCUT2D eigenvalue weighted by Gasteiger charge is -2.46. The third-order valence-electron chi connectivity index (χ3n) is 6.00. The largest absolute Gasteiger partial charge is 0.497 e. The first-order valence-corrected chi connectivity index (χ1v) is 10.0. The SMILES string of the molecule is COc1ccc(OC)c(CN2CCN(C3CCCCC3)[C@@H](CCO)C2)c1. The lowest BCUT2D eigenvalue weighted by atomic mass is 9.91. The van der Waals surface area contributed by atoms with Crippen molar-refractivity contribution in [2.75, 3.05) is 40.5 Å². The van der Waals surface area contributed by atoms with Crippen molar-refractivity contribution >= 4 is 0 Å². The van der Waals surface area contributed by atoms with E-state index in [1.807, 2.05) is 12.1 Å². The monoisotopic (exact) mass is 362 g/mol. The van der Waals surface area contributed by atoms with Crippen molar-refractivity contribution < 1.29 is 14.6 Å². The summed E-state index contributed by atoms with van der Waals surface area (Å²) in [5.74, 6) is 1.78. The van der Waals surface area contributed by atoms with Gasteiger partial charge in [0.05, 0.1) is 14.2 Å². The smallest absolute Gasteiger partial charge is 0.123 e. The highest BCUT2D eigenvalue weighted by molar-refractivity contribution is 5.40. The van der Waals surface area contributed by atoms with Gasteiger partial charge in [-0.25, -0.2) is 0 Å². The second-order valence-electron chi connectivity index (χ2n) is 7.61. The van der Waals surface area contributed by atoms with Crippen LogP contribution in [0.15, 0.2) is 18.2 Å². The van der Waals surface area contributed by atoms with E-state index < -0.39 is 0 Å². The van der Waals surface area contributed by atoms with E-state index in [9.17, 15) is 5.11 Å². The predicted molar refractivity (Wildman–Crippen MR) is 104 cm³/mol. The molecule has 1 aromatic rings. The summed E-state index contributed by atoms with van der Waals surface area (Å²) >= 11 is 0. The Kier molecular flexibility index (Phi) is 7.17. The van der Waals surface area contributed by atoms with Crippen molar-refractivity contribution in [1.82, 2.24) is 9.80 Å². The molecule has 1 saturated carbocycles. The highest BCUT2D eigenvalue weighted by Crippen LogP contribution is 2.29. The van der Waals surface area contributed by atoms with Gasteiger partial charge in [0.2, 0.25) is 0 Å². The molecule has 3 rings (SSSR count). The van der Waals surface area contributed by atoms with Crippen LogP contribution < -0.4 is 9.47 Å². The molecule has 5 nitrogen and oxygen atoms in total. The maximum atomic E-state index is 9.58. The maximum absolute atomic E-state index is 9.58. The summed E-state index contributed by atoms with van der Waals surface area (Å²) in [5.41, 5.74) is 1.17.